The molecule has 11 heteroatoms. The molecule has 0 spiro atoms. The normalized spacial score (nSPS) is 11.4. The molecule has 8 nitrogen and oxygen atoms in total. The summed E-state index contributed by atoms with van der Waals surface area (Å²) < 4.78 is 42.0. The lowest BCUT2D eigenvalue weighted by atomic mass is 10.1. The number of rotatable bonds is 3. The first kappa shape index (κ1) is 18.7. The fraction of sp³-hybridized carbons (Fsp3) is 0.0500. The minimum atomic E-state index is -1.54. The predicted molar refractivity (Wildman–Crippen MR) is 105 cm³/mol. The van der Waals surface area contributed by atoms with Crippen LogP contribution in [0.3, 0.4) is 0 Å². The van der Waals surface area contributed by atoms with Crippen molar-refractivity contribution in [3.05, 3.63) is 66.2 Å². The number of benzene rings is 1. The molecular formula is C20H12F3N7O. The van der Waals surface area contributed by atoms with Gasteiger partial charge in [-0.3, -0.25) is 4.98 Å². The van der Waals surface area contributed by atoms with E-state index in [0.29, 0.717) is 28.3 Å². The standard InChI is InChI=1S/C20H12F3N7O/c1-29(16-4-5-24-15-8-11(31)9-25-19(15)16)20-27-26-17-3-2-14(28-30(17)20)10-6-12(21)18(23)13(22)7-10/h2-9,31H,1H3. The van der Waals surface area contributed by atoms with Crippen molar-refractivity contribution in [1.29, 1.82) is 0 Å². The molecule has 1 N–H and O–H groups in total. The molecule has 5 rings (SSSR count). The highest BCUT2D eigenvalue weighted by atomic mass is 19.2. The van der Waals surface area contributed by atoms with E-state index >= 15 is 0 Å². The Kier molecular flexibility index (Phi) is 4.17. The van der Waals surface area contributed by atoms with E-state index in [1.807, 2.05) is 0 Å². The lowest BCUT2D eigenvalue weighted by molar-refractivity contribution is 0.447. The van der Waals surface area contributed by atoms with Crippen LogP contribution in [-0.4, -0.2) is 41.9 Å². The lowest BCUT2D eigenvalue weighted by Gasteiger charge is -2.17. The van der Waals surface area contributed by atoms with E-state index in [9.17, 15) is 18.3 Å². The van der Waals surface area contributed by atoms with Crippen molar-refractivity contribution in [2.24, 2.45) is 0 Å². The van der Waals surface area contributed by atoms with Gasteiger partial charge in [0.2, 0.25) is 0 Å². The smallest absolute Gasteiger partial charge is 0.252 e. The Morgan fingerprint density at radius 2 is 1.74 bits per heavy atom. The van der Waals surface area contributed by atoms with E-state index in [-0.39, 0.29) is 17.0 Å². The second kappa shape index (κ2) is 6.90. The maximum absolute atomic E-state index is 13.7. The Balaban J connectivity index is 1.64. The molecule has 0 saturated heterocycles. The van der Waals surface area contributed by atoms with Crippen LogP contribution < -0.4 is 4.90 Å². The Hall–Kier alpha value is -4.28. The minimum absolute atomic E-state index is 0.0159. The highest BCUT2D eigenvalue weighted by molar-refractivity contribution is 5.90. The molecule has 0 radical (unpaired) electrons. The van der Waals surface area contributed by atoms with Gasteiger partial charge in [0.25, 0.3) is 5.95 Å². The summed E-state index contributed by atoms with van der Waals surface area (Å²) in [5.41, 5.74) is 2.25. The molecule has 5 aromatic rings. The van der Waals surface area contributed by atoms with E-state index < -0.39 is 17.5 Å². The fourth-order valence-electron chi connectivity index (χ4n) is 3.23. The van der Waals surface area contributed by atoms with Crippen molar-refractivity contribution in [2.75, 3.05) is 11.9 Å². The van der Waals surface area contributed by atoms with Crippen molar-refractivity contribution in [1.82, 2.24) is 29.8 Å². The SMILES string of the molecule is CN(c1ccnc2cc(O)cnc12)c1nnc2ccc(-c3cc(F)c(F)c(F)c3)nn12. The second-order valence-electron chi connectivity index (χ2n) is 6.69. The van der Waals surface area contributed by atoms with Crippen molar-refractivity contribution in [2.45, 2.75) is 0 Å². The molecular weight excluding hydrogens is 411 g/mol. The van der Waals surface area contributed by atoms with E-state index in [0.717, 1.165) is 12.1 Å². The maximum Gasteiger partial charge on any atom is 0.252 e. The highest BCUT2D eigenvalue weighted by Gasteiger charge is 2.18. The molecule has 0 aliphatic carbocycles. The molecule has 31 heavy (non-hydrogen) atoms. The summed E-state index contributed by atoms with van der Waals surface area (Å²) in [6, 6.07) is 8.01. The van der Waals surface area contributed by atoms with Gasteiger partial charge in [-0.1, -0.05) is 0 Å². The molecule has 4 aromatic heterocycles. The van der Waals surface area contributed by atoms with E-state index in [4.69, 9.17) is 0 Å². The average molecular weight is 423 g/mol. The van der Waals surface area contributed by atoms with Crippen LogP contribution in [0.1, 0.15) is 0 Å². The van der Waals surface area contributed by atoms with Crippen LogP contribution in [0.2, 0.25) is 0 Å². The Morgan fingerprint density at radius 1 is 0.968 bits per heavy atom. The number of fused-ring (bicyclic) bond motifs is 2. The summed E-state index contributed by atoms with van der Waals surface area (Å²) in [6.45, 7) is 0. The van der Waals surface area contributed by atoms with Crippen LogP contribution in [0, 0.1) is 17.5 Å². The third-order valence-electron chi connectivity index (χ3n) is 4.73. The summed E-state index contributed by atoms with van der Waals surface area (Å²) in [6.07, 6.45) is 2.86. The number of halogens is 3. The number of pyridine rings is 2. The minimum Gasteiger partial charge on any atom is -0.506 e. The molecule has 4 heterocycles. The quantitative estimate of drug-likeness (QED) is 0.443. The first-order valence-electron chi connectivity index (χ1n) is 8.97. The zero-order chi connectivity index (χ0) is 21.7. The summed E-state index contributed by atoms with van der Waals surface area (Å²) in [4.78, 5) is 10.1. The van der Waals surface area contributed by atoms with Crippen molar-refractivity contribution < 1.29 is 18.3 Å². The molecule has 0 fully saturated rings. The molecule has 0 aliphatic heterocycles. The fourth-order valence-corrected chi connectivity index (χ4v) is 3.23. The maximum atomic E-state index is 13.7. The van der Waals surface area contributed by atoms with Gasteiger partial charge in [-0.25, -0.2) is 18.2 Å². The van der Waals surface area contributed by atoms with Gasteiger partial charge in [-0.2, -0.15) is 9.61 Å². The second-order valence-corrected chi connectivity index (χ2v) is 6.69. The molecule has 0 aliphatic rings. The number of hydrogen-bond acceptors (Lipinski definition) is 7. The van der Waals surface area contributed by atoms with Gasteiger partial charge >= 0.3 is 0 Å². The van der Waals surface area contributed by atoms with Crippen molar-refractivity contribution >= 4 is 28.3 Å². The van der Waals surface area contributed by atoms with Crippen LogP contribution in [0.5, 0.6) is 5.75 Å². The molecule has 154 valence electrons. The first-order chi connectivity index (χ1) is 14.9. The molecule has 0 unspecified atom stereocenters. The van der Waals surface area contributed by atoms with Gasteiger partial charge in [0, 0.05) is 24.9 Å². The van der Waals surface area contributed by atoms with Crippen LogP contribution in [0.25, 0.3) is 27.9 Å². The molecule has 0 saturated carbocycles. The number of anilines is 2. The number of nitrogens with zero attached hydrogens (tertiary/aromatic N) is 7. The first-order valence-corrected chi connectivity index (χ1v) is 8.97. The predicted octanol–water partition coefficient (Wildman–Crippen LogP) is 3.63. The third-order valence-corrected chi connectivity index (χ3v) is 4.73. The Morgan fingerprint density at radius 3 is 2.52 bits per heavy atom. The zero-order valence-corrected chi connectivity index (χ0v) is 15.8. The highest BCUT2D eigenvalue weighted by Crippen LogP contribution is 2.30. The topological polar surface area (TPSA) is 92.3 Å². The third kappa shape index (κ3) is 3.06. The number of aromatic hydroxyl groups is 1. The van der Waals surface area contributed by atoms with Crippen molar-refractivity contribution in [3.63, 3.8) is 0 Å². The molecule has 1 aromatic carbocycles. The summed E-state index contributed by atoms with van der Waals surface area (Å²) >= 11 is 0. The number of hydrogen-bond donors (Lipinski definition) is 1. The molecule has 0 amide bonds. The van der Waals surface area contributed by atoms with Gasteiger partial charge in [-0.05, 0) is 30.3 Å². The molecule has 0 atom stereocenters. The molecule has 0 bridgehead atoms. The summed E-state index contributed by atoms with van der Waals surface area (Å²) in [7, 11) is 1.71. The van der Waals surface area contributed by atoms with Gasteiger partial charge in [0.05, 0.1) is 23.1 Å². The summed E-state index contributed by atoms with van der Waals surface area (Å²) in [5, 5.41) is 22.2. The van der Waals surface area contributed by atoms with Crippen molar-refractivity contribution in [3.8, 4) is 17.0 Å². The van der Waals surface area contributed by atoms with Crippen LogP contribution in [-0.2, 0) is 0 Å². The van der Waals surface area contributed by atoms with Gasteiger partial charge < -0.3 is 10.0 Å². The average Bonchev–Trinajstić information content (AvgIpc) is 3.19. The van der Waals surface area contributed by atoms with Crippen LogP contribution in [0.4, 0.5) is 24.8 Å². The van der Waals surface area contributed by atoms with Crippen LogP contribution in [0.15, 0.2) is 48.8 Å². The van der Waals surface area contributed by atoms with E-state index in [1.165, 1.54) is 22.8 Å². The Labute approximate surface area is 172 Å². The van der Waals surface area contributed by atoms with Gasteiger partial charge in [0.15, 0.2) is 23.1 Å². The largest absolute Gasteiger partial charge is 0.506 e. The summed E-state index contributed by atoms with van der Waals surface area (Å²) in [5.74, 6) is -3.89. The lowest BCUT2D eigenvalue weighted by Crippen LogP contribution is -2.15. The van der Waals surface area contributed by atoms with Crippen LogP contribution >= 0.6 is 0 Å². The monoisotopic (exact) mass is 423 g/mol. The van der Waals surface area contributed by atoms with Gasteiger partial charge in [-0.15, -0.1) is 10.2 Å². The zero-order valence-electron chi connectivity index (χ0n) is 15.8. The van der Waals surface area contributed by atoms with Gasteiger partial charge in [0.1, 0.15) is 11.3 Å². The van der Waals surface area contributed by atoms with E-state index in [1.54, 1.807) is 30.3 Å². The Bertz CT molecular complexity index is 1450. The number of aromatic nitrogens is 6. The van der Waals surface area contributed by atoms with E-state index in [2.05, 4.69) is 25.3 Å².